The zero-order valence-electron chi connectivity index (χ0n) is 17.4. The van der Waals surface area contributed by atoms with E-state index in [1.54, 1.807) is 0 Å². The Kier molecular flexibility index (Phi) is 6.81. The molecule has 1 unspecified atom stereocenters. The lowest BCUT2D eigenvalue weighted by atomic mass is 9.90. The highest BCUT2D eigenvalue weighted by molar-refractivity contribution is 5.10. The van der Waals surface area contributed by atoms with Gasteiger partial charge >= 0.3 is 0 Å². The molecule has 2 aliphatic rings. The van der Waals surface area contributed by atoms with Crippen LogP contribution in [0.5, 0.6) is 0 Å². The summed E-state index contributed by atoms with van der Waals surface area (Å²) in [5.74, 6) is 2.82. The van der Waals surface area contributed by atoms with Gasteiger partial charge in [-0.25, -0.2) is 0 Å². The van der Waals surface area contributed by atoms with E-state index in [4.69, 9.17) is 4.42 Å². The summed E-state index contributed by atoms with van der Waals surface area (Å²) in [6.45, 7) is 7.55. The molecule has 3 heterocycles. The molecular formula is C24H35N3O. The van der Waals surface area contributed by atoms with Crippen LogP contribution in [0.15, 0.2) is 41.1 Å². The second kappa shape index (κ2) is 9.71. The van der Waals surface area contributed by atoms with Crippen molar-refractivity contribution in [1.82, 2.24) is 14.8 Å². The SMILES string of the molecule is Cc1ccc(CN(Cc2cccnc2)CC2CCCN(C3CCCCC3)C2)o1. The number of aromatic nitrogens is 1. The van der Waals surface area contributed by atoms with E-state index in [1.807, 2.05) is 25.4 Å². The lowest BCUT2D eigenvalue weighted by Crippen LogP contribution is -2.46. The van der Waals surface area contributed by atoms with Crippen molar-refractivity contribution in [3.63, 3.8) is 0 Å². The van der Waals surface area contributed by atoms with E-state index in [0.29, 0.717) is 0 Å². The number of hydrogen-bond acceptors (Lipinski definition) is 4. The number of hydrogen-bond donors (Lipinski definition) is 0. The number of rotatable bonds is 7. The van der Waals surface area contributed by atoms with Crippen molar-refractivity contribution < 1.29 is 4.42 Å². The Morgan fingerprint density at radius 2 is 1.96 bits per heavy atom. The topological polar surface area (TPSA) is 32.5 Å². The fourth-order valence-corrected chi connectivity index (χ4v) is 5.11. The molecule has 152 valence electrons. The summed E-state index contributed by atoms with van der Waals surface area (Å²) in [5, 5.41) is 0. The Balaban J connectivity index is 1.40. The fraction of sp³-hybridized carbons (Fsp3) is 0.625. The number of nitrogens with zero attached hydrogens (tertiary/aromatic N) is 3. The van der Waals surface area contributed by atoms with Gasteiger partial charge in [0.1, 0.15) is 11.5 Å². The molecule has 1 aliphatic heterocycles. The van der Waals surface area contributed by atoms with Crippen LogP contribution >= 0.6 is 0 Å². The monoisotopic (exact) mass is 381 g/mol. The first kappa shape index (κ1) is 19.7. The molecule has 1 saturated carbocycles. The van der Waals surface area contributed by atoms with E-state index < -0.39 is 0 Å². The third-order valence-electron chi connectivity index (χ3n) is 6.46. The van der Waals surface area contributed by atoms with E-state index >= 15 is 0 Å². The molecule has 4 nitrogen and oxygen atoms in total. The van der Waals surface area contributed by atoms with Crippen molar-refractivity contribution in [2.45, 2.75) is 71.0 Å². The molecule has 2 fully saturated rings. The van der Waals surface area contributed by atoms with E-state index in [-0.39, 0.29) is 0 Å². The Morgan fingerprint density at radius 1 is 1.07 bits per heavy atom. The quantitative estimate of drug-likeness (QED) is 0.673. The molecule has 0 bridgehead atoms. The summed E-state index contributed by atoms with van der Waals surface area (Å²) in [6.07, 6.45) is 13.7. The van der Waals surface area contributed by atoms with Crippen LogP contribution in [0.3, 0.4) is 0 Å². The van der Waals surface area contributed by atoms with Crippen molar-refractivity contribution in [3.05, 3.63) is 53.7 Å². The molecule has 0 spiro atoms. The maximum atomic E-state index is 5.89. The molecule has 1 aliphatic carbocycles. The van der Waals surface area contributed by atoms with Gasteiger partial charge in [-0.15, -0.1) is 0 Å². The van der Waals surface area contributed by atoms with E-state index in [2.05, 4.69) is 33.0 Å². The van der Waals surface area contributed by atoms with Crippen molar-refractivity contribution in [1.29, 1.82) is 0 Å². The van der Waals surface area contributed by atoms with Gasteiger partial charge in [0.2, 0.25) is 0 Å². The van der Waals surface area contributed by atoms with Gasteiger partial charge in [-0.05, 0) is 68.8 Å². The molecule has 4 heteroatoms. The molecule has 4 rings (SSSR count). The smallest absolute Gasteiger partial charge is 0.118 e. The van der Waals surface area contributed by atoms with Gasteiger partial charge in [-0.3, -0.25) is 9.88 Å². The summed E-state index contributed by atoms with van der Waals surface area (Å²) in [4.78, 5) is 9.68. The molecule has 0 N–H and O–H groups in total. The van der Waals surface area contributed by atoms with E-state index in [9.17, 15) is 0 Å². The van der Waals surface area contributed by atoms with Gasteiger partial charge in [0.25, 0.3) is 0 Å². The van der Waals surface area contributed by atoms with Crippen LogP contribution < -0.4 is 0 Å². The maximum absolute atomic E-state index is 5.89. The number of piperidine rings is 1. The molecule has 1 saturated heterocycles. The molecule has 2 aromatic rings. The van der Waals surface area contributed by atoms with Crippen LogP contribution in [0.2, 0.25) is 0 Å². The average Bonchev–Trinajstić information content (AvgIpc) is 3.14. The van der Waals surface area contributed by atoms with Gasteiger partial charge in [-0.1, -0.05) is 25.3 Å². The Hall–Kier alpha value is -1.65. The summed E-state index contributed by atoms with van der Waals surface area (Å²) >= 11 is 0. The highest BCUT2D eigenvalue weighted by Gasteiger charge is 2.28. The number of likely N-dealkylation sites (tertiary alicyclic amines) is 1. The second-order valence-corrected chi connectivity index (χ2v) is 8.84. The highest BCUT2D eigenvalue weighted by Crippen LogP contribution is 2.28. The average molecular weight is 382 g/mol. The van der Waals surface area contributed by atoms with Crippen LogP contribution in [0.4, 0.5) is 0 Å². The van der Waals surface area contributed by atoms with Crippen LogP contribution in [-0.4, -0.2) is 40.5 Å². The third kappa shape index (κ3) is 5.45. The van der Waals surface area contributed by atoms with Crippen LogP contribution in [0, 0.1) is 12.8 Å². The van der Waals surface area contributed by atoms with Crippen LogP contribution in [0.1, 0.15) is 62.0 Å². The van der Waals surface area contributed by atoms with Gasteiger partial charge in [0, 0.05) is 38.1 Å². The molecule has 0 aromatic carbocycles. The fourth-order valence-electron chi connectivity index (χ4n) is 5.11. The number of aryl methyl sites for hydroxylation is 1. The summed E-state index contributed by atoms with van der Waals surface area (Å²) in [5.41, 5.74) is 1.28. The largest absolute Gasteiger partial charge is 0.465 e. The molecule has 0 radical (unpaired) electrons. The lowest BCUT2D eigenvalue weighted by Gasteiger charge is -2.41. The highest BCUT2D eigenvalue weighted by atomic mass is 16.3. The molecule has 28 heavy (non-hydrogen) atoms. The minimum absolute atomic E-state index is 0.753. The maximum Gasteiger partial charge on any atom is 0.118 e. The molecule has 1 atom stereocenters. The van der Waals surface area contributed by atoms with Crippen molar-refractivity contribution in [2.24, 2.45) is 5.92 Å². The normalized spacial score (nSPS) is 22.0. The standard InChI is InChI=1S/C24H35N3O/c1-20-11-12-24(28-20)19-26(16-21-7-5-13-25-15-21)17-22-8-6-14-27(18-22)23-9-3-2-4-10-23/h5,7,11-13,15,22-23H,2-4,6,8-10,14,16-19H2,1H3. The number of pyridine rings is 1. The number of furan rings is 1. The second-order valence-electron chi connectivity index (χ2n) is 8.84. The predicted molar refractivity (Wildman–Crippen MR) is 113 cm³/mol. The van der Waals surface area contributed by atoms with Crippen LogP contribution in [-0.2, 0) is 13.1 Å². The van der Waals surface area contributed by atoms with Gasteiger partial charge < -0.3 is 9.32 Å². The van der Waals surface area contributed by atoms with Crippen LogP contribution in [0.25, 0.3) is 0 Å². The molecule has 0 amide bonds. The first-order valence-electron chi connectivity index (χ1n) is 11.2. The zero-order chi connectivity index (χ0) is 19.2. The summed E-state index contributed by atoms with van der Waals surface area (Å²) in [6, 6.07) is 9.26. The van der Waals surface area contributed by atoms with Gasteiger partial charge in [0.05, 0.1) is 6.54 Å². The van der Waals surface area contributed by atoms with Crippen molar-refractivity contribution in [3.8, 4) is 0 Å². The van der Waals surface area contributed by atoms with E-state index in [0.717, 1.165) is 43.1 Å². The summed E-state index contributed by atoms with van der Waals surface area (Å²) < 4.78 is 5.89. The van der Waals surface area contributed by atoms with Gasteiger partial charge in [-0.2, -0.15) is 0 Å². The molecular weight excluding hydrogens is 346 g/mol. The summed E-state index contributed by atoms with van der Waals surface area (Å²) in [7, 11) is 0. The van der Waals surface area contributed by atoms with Crippen molar-refractivity contribution in [2.75, 3.05) is 19.6 Å². The Labute approximate surface area is 169 Å². The zero-order valence-corrected chi connectivity index (χ0v) is 17.4. The first-order chi connectivity index (χ1) is 13.8. The minimum Gasteiger partial charge on any atom is -0.465 e. The molecule has 2 aromatic heterocycles. The first-order valence-corrected chi connectivity index (χ1v) is 11.2. The van der Waals surface area contributed by atoms with Crippen molar-refractivity contribution >= 4 is 0 Å². The van der Waals surface area contributed by atoms with E-state index in [1.165, 1.54) is 63.6 Å². The predicted octanol–water partition coefficient (Wildman–Crippen LogP) is 5.03. The Bertz CT molecular complexity index is 708. The third-order valence-corrected chi connectivity index (χ3v) is 6.46. The van der Waals surface area contributed by atoms with Gasteiger partial charge in [0.15, 0.2) is 0 Å². The Morgan fingerprint density at radius 3 is 2.71 bits per heavy atom. The minimum atomic E-state index is 0.753. The lowest BCUT2D eigenvalue weighted by molar-refractivity contribution is 0.0755.